The number of aryl methyl sites for hydroxylation is 2. The Labute approximate surface area is 135 Å². The van der Waals surface area contributed by atoms with Gasteiger partial charge in [-0.05, 0) is 44.3 Å². The Bertz CT molecular complexity index is 655. The number of hydrogen-bond donors (Lipinski definition) is 1. The molecule has 0 radical (unpaired) electrons. The Kier molecular flexibility index (Phi) is 4.76. The molecular formula is C16H23N5O2. The van der Waals surface area contributed by atoms with Crippen LogP contribution in [0, 0.1) is 6.92 Å². The van der Waals surface area contributed by atoms with E-state index in [0.29, 0.717) is 23.9 Å². The molecule has 1 aliphatic rings. The molecule has 0 aromatic carbocycles. The summed E-state index contributed by atoms with van der Waals surface area (Å²) in [5, 5.41) is 10.8. The second kappa shape index (κ2) is 6.95. The van der Waals surface area contributed by atoms with Gasteiger partial charge in [-0.3, -0.25) is 9.48 Å². The third kappa shape index (κ3) is 4.19. The van der Waals surface area contributed by atoms with Crippen molar-refractivity contribution in [3.05, 3.63) is 29.8 Å². The molecule has 0 spiro atoms. The van der Waals surface area contributed by atoms with Crippen molar-refractivity contribution in [3.63, 3.8) is 0 Å². The number of likely N-dealkylation sites (tertiary alicyclic amines) is 1. The molecule has 3 rings (SSSR count). The van der Waals surface area contributed by atoms with E-state index in [1.165, 1.54) is 5.56 Å². The number of hydrogen-bond acceptors (Lipinski definition) is 5. The van der Waals surface area contributed by atoms with E-state index in [1.54, 1.807) is 13.0 Å². The highest BCUT2D eigenvalue weighted by atomic mass is 16.5. The van der Waals surface area contributed by atoms with Crippen LogP contribution in [-0.2, 0) is 11.8 Å². The van der Waals surface area contributed by atoms with Gasteiger partial charge in [0.25, 0.3) is 0 Å². The van der Waals surface area contributed by atoms with E-state index >= 15 is 0 Å². The molecule has 7 nitrogen and oxygen atoms in total. The van der Waals surface area contributed by atoms with Gasteiger partial charge in [0.15, 0.2) is 5.82 Å². The van der Waals surface area contributed by atoms with E-state index in [-0.39, 0.29) is 5.91 Å². The Balaban J connectivity index is 1.39. The summed E-state index contributed by atoms with van der Waals surface area (Å²) in [5.74, 6) is 1.75. The third-order valence-corrected chi connectivity index (χ3v) is 4.33. The molecule has 0 bridgehead atoms. The summed E-state index contributed by atoms with van der Waals surface area (Å²) in [6.45, 7) is 4.63. The molecule has 2 aromatic heterocycles. The molecule has 1 amide bonds. The average molecular weight is 317 g/mol. The van der Waals surface area contributed by atoms with Crippen molar-refractivity contribution in [1.29, 1.82) is 0 Å². The Hall–Kier alpha value is -2.15. The molecule has 1 saturated heterocycles. The minimum Gasteiger partial charge on any atom is -0.360 e. The molecule has 1 aliphatic heterocycles. The van der Waals surface area contributed by atoms with Gasteiger partial charge in [0, 0.05) is 32.3 Å². The van der Waals surface area contributed by atoms with E-state index in [4.69, 9.17) is 4.52 Å². The molecule has 1 fully saturated rings. The summed E-state index contributed by atoms with van der Waals surface area (Å²) in [4.78, 5) is 14.3. The van der Waals surface area contributed by atoms with Crippen molar-refractivity contribution in [2.75, 3.05) is 25.0 Å². The van der Waals surface area contributed by atoms with Crippen LogP contribution in [0.3, 0.4) is 0 Å². The number of anilines is 1. The quantitative estimate of drug-likeness (QED) is 0.912. The third-order valence-electron chi connectivity index (χ3n) is 4.33. The second-order valence-corrected chi connectivity index (χ2v) is 6.18. The van der Waals surface area contributed by atoms with Gasteiger partial charge < -0.3 is 14.7 Å². The molecule has 3 heterocycles. The van der Waals surface area contributed by atoms with Gasteiger partial charge in [-0.1, -0.05) is 5.16 Å². The van der Waals surface area contributed by atoms with Gasteiger partial charge in [-0.15, -0.1) is 0 Å². The first-order valence-corrected chi connectivity index (χ1v) is 8.04. The van der Waals surface area contributed by atoms with Crippen molar-refractivity contribution >= 4 is 11.7 Å². The van der Waals surface area contributed by atoms with E-state index in [1.807, 2.05) is 17.9 Å². The maximum Gasteiger partial charge on any atom is 0.226 e. The normalized spacial score (nSPS) is 16.6. The average Bonchev–Trinajstić information content (AvgIpc) is 3.14. The zero-order valence-electron chi connectivity index (χ0n) is 13.7. The molecule has 7 heteroatoms. The van der Waals surface area contributed by atoms with Gasteiger partial charge in [-0.2, -0.15) is 5.10 Å². The van der Waals surface area contributed by atoms with Gasteiger partial charge in [-0.25, -0.2) is 0 Å². The van der Waals surface area contributed by atoms with E-state index < -0.39 is 0 Å². The number of carbonyl (C=O) groups is 1. The highest BCUT2D eigenvalue weighted by Gasteiger charge is 2.21. The maximum absolute atomic E-state index is 11.9. The van der Waals surface area contributed by atoms with Crippen molar-refractivity contribution in [2.45, 2.75) is 32.1 Å². The van der Waals surface area contributed by atoms with Crippen LogP contribution in [0.2, 0.25) is 0 Å². The van der Waals surface area contributed by atoms with Crippen LogP contribution in [0.1, 0.15) is 36.5 Å². The lowest BCUT2D eigenvalue weighted by Crippen LogP contribution is -2.35. The van der Waals surface area contributed by atoms with Crippen LogP contribution in [0.5, 0.6) is 0 Å². The largest absolute Gasteiger partial charge is 0.360 e. The van der Waals surface area contributed by atoms with E-state index in [9.17, 15) is 4.79 Å². The van der Waals surface area contributed by atoms with Gasteiger partial charge in [0.05, 0.1) is 6.20 Å². The summed E-state index contributed by atoms with van der Waals surface area (Å²) in [6, 6.07) is 1.72. The van der Waals surface area contributed by atoms with Crippen LogP contribution < -0.4 is 5.32 Å². The Morgan fingerprint density at radius 2 is 2.22 bits per heavy atom. The molecule has 1 N–H and O–H groups in total. The first-order chi connectivity index (χ1) is 11.1. The second-order valence-electron chi connectivity index (χ2n) is 6.18. The molecular weight excluding hydrogens is 294 g/mol. The first-order valence-electron chi connectivity index (χ1n) is 8.04. The molecule has 0 saturated carbocycles. The first kappa shape index (κ1) is 15.7. The van der Waals surface area contributed by atoms with Crippen LogP contribution in [0.25, 0.3) is 0 Å². The highest BCUT2D eigenvalue weighted by molar-refractivity contribution is 5.89. The monoisotopic (exact) mass is 317 g/mol. The summed E-state index contributed by atoms with van der Waals surface area (Å²) < 4.78 is 6.79. The number of rotatable bonds is 5. The van der Waals surface area contributed by atoms with Crippen molar-refractivity contribution in [2.24, 2.45) is 7.05 Å². The van der Waals surface area contributed by atoms with Crippen LogP contribution in [-0.4, -0.2) is 45.4 Å². The number of piperidine rings is 1. The minimum absolute atomic E-state index is 0.0207. The number of nitrogens with one attached hydrogen (secondary N) is 1. The van der Waals surface area contributed by atoms with Crippen molar-refractivity contribution in [3.8, 4) is 0 Å². The van der Waals surface area contributed by atoms with Crippen molar-refractivity contribution in [1.82, 2.24) is 19.8 Å². The lowest BCUT2D eigenvalue weighted by atomic mass is 9.91. The number of carbonyl (C=O) groups excluding carboxylic acids is 1. The Morgan fingerprint density at radius 1 is 1.43 bits per heavy atom. The van der Waals surface area contributed by atoms with Gasteiger partial charge >= 0.3 is 0 Å². The SMILES string of the molecule is Cc1cc(NC(=O)CCN2CCC(c3cnn(C)c3)CC2)no1. The summed E-state index contributed by atoms with van der Waals surface area (Å²) in [6.07, 6.45) is 6.79. The fourth-order valence-corrected chi connectivity index (χ4v) is 3.03. The fourth-order valence-electron chi connectivity index (χ4n) is 3.03. The topological polar surface area (TPSA) is 76.2 Å². The molecule has 0 atom stereocenters. The number of nitrogens with zero attached hydrogens (tertiary/aromatic N) is 4. The molecule has 0 unspecified atom stereocenters. The van der Waals surface area contributed by atoms with Crippen LogP contribution >= 0.6 is 0 Å². The fraction of sp³-hybridized carbons (Fsp3) is 0.562. The molecule has 124 valence electrons. The van der Waals surface area contributed by atoms with Crippen LogP contribution in [0.15, 0.2) is 23.0 Å². The Morgan fingerprint density at radius 3 is 2.83 bits per heavy atom. The molecule has 0 aliphatic carbocycles. The zero-order chi connectivity index (χ0) is 16.2. The standard InChI is InChI=1S/C16H23N5O2/c1-12-9-15(19-23-12)18-16(22)5-8-21-6-3-13(4-7-21)14-10-17-20(2)11-14/h9-11,13H,3-8H2,1-2H3,(H,18,19,22). The van der Waals surface area contributed by atoms with Gasteiger partial charge in [0.2, 0.25) is 5.91 Å². The summed E-state index contributed by atoms with van der Waals surface area (Å²) in [7, 11) is 1.95. The maximum atomic E-state index is 11.9. The summed E-state index contributed by atoms with van der Waals surface area (Å²) in [5.41, 5.74) is 1.33. The number of amides is 1. The lowest BCUT2D eigenvalue weighted by molar-refractivity contribution is -0.116. The van der Waals surface area contributed by atoms with E-state index in [2.05, 4.69) is 26.7 Å². The minimum atomic E-state index is -0.0207. The molecule has 23 heavy (non-hydrogen) atoms. The summed E-state index contributed by atoms with van der Waals surface area (Å²) >= 11 is 0. The lowest BCUT2D eigenvalue weighted by Gasteiger charge is -2.31. The van der Waals surface area contributed by atoms with E-state index in [0.717, 1.165) is 32.5 Å². The predicted molar refractivity (Wildman–Crippen MR) is 86.1 cm³/mol. The number of aromatic nitrogens is 3. The molecule has 2 aromatic rings. The predicted octanol–water partition coefficient (Wildman–Crippen LogP) is 1.92. The van der Waals surface area contributed by atoms with Crippen molar-refractivity contribution < 1.29 is 9.32 Å². The zero-order valence-corrected chi connectivity index (χ0v) is 13.7. The van der Waals surface area contributed by atoms with Gasteiger partial charge in [0.1, 0.15) is 5.76 Å². The van der Waals surface area contributed by atoms with Crippen LogP contribution in [0.4, 0.5) is 5.82 Å². The highest BCUT2D eigenvalue weighted by Crippen LogP contribution is 2.27. The smallest absolute Gasteiger partial charge is 0.226 e.